The lowest BCUT2D eigenvalue weighted by Crippen LogP contribution is -2.51. The molecule has 6 heteroatoms. The van der Waals surface area contributed by atoms with Crippen LogP contribution in [-0.2, 0) is 10.0 Å². The molecule has 0 saturated carbocycles. The van der Waals surface area contributed by atoms with Gasteiger partial charge in [0.15, 0.2) is 0 Å². The van der Waals surface area contributed by atoms with Gasteiger partial charge in [-0.25, -0.2) is 13.1 Å². The van der Waals surface area contributed by atoms with E-state index >= 15 is 0 Å². The molecule has 0 unspecified atom stereocenters. The van der Waals surface area contributed by atoms with E-state index in [0.29, 0.717) is 6.54 Å². The Morgan fingerprint density at radius 2 is 1.67 bits per heavy atom. The number of nitrogens with one attached hydrogen (secondary N) is 1. The van der Waals surface area contributed by atoms with Crippen LogP contribution in [-0.4, -0.2) is 69.8 Å². The SMILES string of the molecule is CC(C)CS(=O)(=O)NC[C@@H](C)N1CCN(C)CC1. The van der Waals surface area contributed by atoms with Gasteiger partial charge in [0.25, 0.3) is 0 Å². The summed E-state index contributed by atoms with van der Waals surface area (Å²) in [6.07, 6.45) is 0. The van der Waals surface area contributed by atoms with E-state index in [-0.39, 0.29) is 17.7 Å². The third-order valence-corrected chi connectivity index (χ3v) is 5.02. The average Bonchev–Trinajstić information content (AvgIpc) is 2.25. The van der Waals surface area contributed by atoms with Gasteiger partial charge in [-0.15, -0.1) is 0 Å². The molecule has 0 aliphatic carbocycles. The molecule has 0 aromatic carbocycles. The number of hydrogen-bond donors (Lipinski definition) is 1. The Kier molecular flexibility index (Phi) is 6.04. The highest BCUT2D eigenvalue weighted by Gasteiger charge is 2.21. The second-order valence-electron chi connectivity index (χ2n) is 5.71. The minimum Gasteiger partial charge on any atom is -0.304 e. The Morgan fingerprint density at radius 1 is 1.11 bits per heavy atom. The van der Waals surface area contributed by atoms with Crippen molar-refractivity contribution in [3.05, 3.63) is 0 Å². The normalized spacial score (nSPS) is 21.4. The molecule has 0 aromatic heterocycles. The molecule has 1 rings (SSSR count). The monoisotopic (exact) mass is 277 g/mol. The van der Waals surface area contributed by atoms with Crippen molar-refractivity contribution in [1.82, 2.24) is 14.5 Å². The van der Waals surface area contributed by atoms with Gasteiger partial charge in [-0.1, -0.05) is 13.8 Å². The summed E-state index contributed by atoms with van der Waals surface area (Å²) in [5.74, 6) is 0.379. The van der Waals surface area contributed by atoms with Crippen molar-refractivity contribution in [1.29, 1.82) is 0 Å². The summed E-state index contributed by atoms with van der Waals surface area (Å²) in [6, 6.07) is 0.264. The van der Waals surface area contributed by atoms with Crippen molar-refractivity contribution in [2.45, 2.75) is 26.8 Å². The first-order valence-electron chi connectivity index (χ1n) is 6.70. The van der Waals surface area contributed by atoms with E-state index in [9.17, 15) is 8.42 Å². The first-order valence-corrected chi connectivity index (χ1v) is 8.35. The molecule has 0 bridgehead atoms. The fraction of sp³-hybridized carbons (Fsp3) is 1.00. The molecule has 1 N–H and O–H groups in total. The van der Waals surface area contributed by atoms with Crippen LogP contribution in [0.2, 0.25) is 0 Å². The van der Waals surface area contributed by atoms with Crippen molar-refractivity contribution in [3.8, 4) is 0 Å². The van der Waals surface area contributed by atoms with Gasteiger partial charge in [-0.2, -0.15) is 0 Å². The summed E-state index contributed by atoms with van der Waals surface area (Å²) in [7, 11) is -0.994. The fourth-order valence-corrected chi connectivity index (χ4v) is 3.63. The van der Waals surface area contributed by atoms with Gasteiger partial charge in [0.1, 0.15) is 0 Å². The van der Waals surface area contributed by atoms with Crippen LogP contribution in [0.4, 0.5) is 0 Å². The fourth-order valence-electron chi connectivity index (χ4n) is 2.14. The molecular weight excluding hydrogens is 250 g/mol. The molecule has 1 aliphatic rings. The lowest BCUT2D eigenvalue weighted by Gasteiger charge is -2.36. The van der Waals surface area contributed by atoms with Gasteiger partial charge in [-0.05, 0) is 19.9 Å². The summed E-state index contributed by atoms with van der Waals surface area (Å²) in [4.78, 5) is 4.64. The van der Waals surface area contributed by atoms with Crippen molar-refractivity contribution in [2.75, 3.05) is 45.5 Å². The van der Waals surface area contributed by atoms with E-state index in [1.165, 1.54) is 0 Å². The van der Waals surface area contributed by atoms with Crippen LogP contribution in [0.3, 0.4) is 0 Å². The van der Waals surface area contributed by atoms with Crippen molar-refractivity contribution in [3.63, 3.8) is 0 Å². The van der Waals surface area contributed by atoms with Gasteiger partial charge in [-0.3, -0.25) is 4.90 Å². The van der Waals surface area contributed by atoms with Crippen molar-refractivity contribution < 1.29 is 8.42 Å². The first kappa shape index (κ1) is 15.9. The number of piperazine rings is 1. The molecule has 1 aliphatic heterocycles. The molecule has 0 amide bonds. The van der Waals surface area contributed by atoms with Crippen LogP contribution >= 0.6 is 0 Å². The molecule has 1 atom stereocenters. The number of sulfonamides is 1. The van der Waals surface area contributed by atoms with E-state index < -0.39 is 10.0 Å². The summed E-state index contributed by atoms with van der Waals surface area (Å²) >= 11 is 0. The van der Waals surface area contributed by atoms with Crippen LogP contribution in [0.1, 0.15) is 20.8 Å². The molecule has 0 radical (unpaired) electrons. The summed E-state index contributed by atoms with van der Waals surface area (Å²) in [6.45, 7) is 10.6. The highest BCUT2D eigenvalue weighted by atomic mass is 32.2. The van der Waals surface area contributed by atoms with Crippen LogP contribution in [0.5, 0.6) is 0 Å². The molecule has 18 heavy (non-hydrogen) atoms. The zero-order valence-corrected chi connectivity index (χ0v) is 12.8. The zero-order valence-electron chi connectivity index (χ0n) is 12.0. The van der Waals surface area contributed by atoms with E-state index in [1.54, 1.807) is 0 Å². The van der Waals surface area contributed by atoms with Crippen molar-refractivity contribution in [2.24, 2.45) is 5.92 Å². The molecule has 1 fully saturated rings. The van der Waals surface area contributed by atoms with Crippen LogP contribution in [0.15, 0.2) is 0 Å². The lowest BCUT2D eigenvalue weighted by atomic mass is 10.2. The minimum atomic E-state index is -3.11. The minimum absolute atomic E-state index is 0.168. The molecule has 5 nitrogen and oxygen atoms in total. The summed E-state index contributed by atoms with van der Waals surface area (Å²) < 4.78 is 26.2. The van der Waals surface area contributed by atoms with E-state index in [0.717, 1.165) is 26.2 Å². The highest BCUT2D eigenvalue weighted by Crippen LogP contribution is 2.05. The maximum absolute atomic E-state index is 11.7. The Hall–Kier alpha value is -0.170. The van der Waals surface area contributed by atoms with Crippen LogP contribution < -0.4 is 4.72 Å². The highest BCUT2D eigenvalue weighted by molar-refractivity contribution is 7.89. The maximum Gasteiger partial charge on any atom is 0.211 e. The Balaban J connectivity index is 2.34. The van der Waals surface area contributed by atoms with Gasteiger partial charge in [0.05, 0.1) is 5.75 Å². The number of likely N-dealkylation sites (N-methyl/N-ethyl adjacent to an activating group) is 1. The molecule has 1 saturated heterocycles. The largest absolute Gasteiger partial charge is 0.304 e. The molecule has 0 spiro atoms. The average molecular weight is 277 g/mol. The quantitative estimate of drug-likeness (QED) is 0.753. The molecule has 0 aromatic rings. The Bertz CT molecular complexity index is 335. The molecule has 108 valence electrons. The van der Waals surface area contributed by atoms with E-state index in [4.69, 9.17) is 0 Å². The lowest BCUT2D eigenvalue weighted by molar-refractivity contribution is 0.120. The van der Waals surface area contributed by atoms with E-state index in [2.05, 4.69) is 28.5 Å². The molecular formula is C12H27N3O2S. The Morgan fingerprint density at radius 3 is 2.17 bits per heavy atom. The predicted molar refractivity (Wildman–Crippen MR) is 75.2 cm³/mol. The smallest absolute Gasteiger partial charge is 0.211 e. The van der Waals surface area contributed by atoms with Gasteiger partial charge < -0.3 is 4.90 Å². The second-order valence-corrected chi connectivity index (χ2v) is 7.56. The number of rotatable bonds is 6. The number of hydrogen-bond acceptors (Lipinski definition) is 4. The summed E-state index contributed by atoms with van der Waals surface area (Å²) in [5.41, 5.74) is 0. The predicted octanol–water partition coefficient (Wildman–Crippen LogP) is 0.198. The van der Waals surface area contributed by atoms with Gasteiger partial charge in [0.2, 0.25) is 10.0 Å². The zero-order chi connectivity index (χ0) is 13.8. The Labute approximate surface area is 112 Å². The van der Waals surface area contributed by atoms with Gasteiger partial charge >= 0.3 is 0 Å². The van der Waals surface area contributed by atoms with Gasteiger partial charge in [0, 0.05) is 38.8 Å². The maximum atomic E-state index is 11.7. The third kappa shape index (κ3) is 5.65. The third-order valence-electron chi connectivity index (χ3n) is 3.31. The first-order chi connectivity index (χ1) is 8.30. The second kappa shape index (κ2) is 6.84. The number of nitrogens with zero attached hydrogens (tertiary/aromatic N) is 2. The van der Waals surface area contributed by atoms with Crippen LogP contribution in [0.25, 0.3) is 0 Å². The van der Waals surface area contributed by atoms with E-state index in [1.807, 2.05) is 13.8 Å². The summed E-state index contributed by atoms with van der Waals surface area (Å²) in [5, 5.41) is 0. The molecule has 1 heterocycles. The van der Waals surface area contributed by atoms with Crippen LogP contribution in [0, 0.1) is 5.92 Å². The standard InChI is InChI=1S/C12H27N3O2S/c1-11(2)10-18(16,17)13-9-12(3)15-7-5-14(4)6-8-15/h11-13H,5-10H2,1-4H3/t12-/m1/s1. The van der Waals surface area contributed by atoms with Crippen molar-refractivity contribution >= 4 is 10.0 Å². The topological polar surface area (TPSA) is 52.7 Å².